The molecule has 1 unspecified atom stereocenters. The lowest BCUT2D eigenvalue weighted by Crippen LogP contribution is -2.45. The number of nitrogens with zero attached hydrogens (tertiary/aromatic N) is 1. The fourth-order valence-electron chi connectivity index (χ4n) is 4.63. The van der Waals surface area contributed by atoms with Gasteiger partial charge in [0.15, 0.2) is 11.5 Å². The van der Waals surface area contributed by atoms with E-state index in [1.165, 1.54) is 23.1 Å². The summed E-state index contributed by atoms with van der Waals surface area (Å²) in [6.45, 7) is 0.0131. The fourth-order valence-corrected chi connectivity index (χ4v) is 4.63. The maximum absolute atomic E-state index is 13.8. The molecule has 32 heavy (non-hydrogen) atoms. The number of anilines is 2. The van der Waals surface area contributed by atoms with Gasteiger partial charge in [0, 0.05) is 23.0 Å². The van der Waals surface area contributed by atoms with Crippen molar-refractivity contribution in [3.8, 4) is 17.2 Å². The molecule has 0 radical (unpaired) electrons. The summed E-state index contributed by atoms with van der Waals surface area (Å²) >= 11 is 0. The van der Waals surface area contributed by atoms with E-state index in [1.807, 2.05) is 24.3 Å². The molecule has 2 amide bonds. The number of ether oxygens (including phenoxy) is 3. The minimum absolute atomic E-state index is 0.113. The highest BCUT2D eigenvalue weighted by Gasteiger charge is 2.57. The van der Waals surface area contributed by atoms with Crippen LogP contribution in [0.15, 0.2) is 60.7 Å². The van der Waals surface area contributed by atoms with Crippen LogP contribution in [0.4, 0.5) is 15.8 Å². The molecule has 8 heteroatoms. The summed E-state index contributed by atoms with van der Waals surface area (Å²) in [4.78, 5) is 28.0. The lowest BCUT2D eigenvalue weighted by atomic mass is 9.77. The number of halogens is 1. The Morgan fingerprint density at radius 1 is 0.969 bits per heavy atom. The number of benzene rings is 3. The zero-order valence-electron chi connectivity index (χ0n) is 16.8. The molecule has 0 saturated carbocycles. The Hall–Kier alpha value is -4.07. The highest BCUT2D eigenvalue weighted by Crippen LogP contribution is 2.54. The third-order valence-corrected chi connectivity index (χ3v) is 6.05. The average molecular weight is 432 g/mol. The Morgan fingerprint density at radius 2 is 1.78 bits per heavy atom. The zero-order valence-corrected chi connectivity index (χ0v) is 16.8. The van der Waals surface area contributed by atoms with Crippen molar-refractivity contribution >= 4 is 23.2 Å². The van der Waals surface area contributed by atoms with Gasteiger partial charge in [-0.2, -0.15) is 0 Å². The number of nitrogens with one attached hydrogen (secondary N) is 1. The van der Waals surface area contributed by atoms with E-state index in [4.69, 9.17) is 14.2 Å². The number of amides is 2. The van der Waals surface area contributed by atoms with Crippen molar-refractivity contribution in [3.63, 3.8) is 0 Å². The molecule has 0 bridgehead atoms. The van der Waals surface area contributed by atoms with E-state index < -0.39 is 17.1 Å². The normalized spacial score (nSPS) is 19.7. The van der Waals surface area contributed by atoms with Gasteiger partial charge in [0.25, 0.3) is 0 Å². The Bertz CT molecular complexity index is 1290. The van der Waals surface area contributed by atoms with E-state index >= 15 is 0 Å². The van der Waals surface area contributed by atoms with E-state index in [-0.39, 0.29) is 25.9 Å². The van der Waals surface area contributed by atoms with Crippen molar-refractivity contribution in [1.82, 2.24) is 0 Å². The van der Waals surface area contributed by atoms with Crippen LogP contribution in [-0.4, -0.2) is 31.8 Å². The standard InChI is InChI=1S/C24H17FN2O5/c25-14-4-3-5-15(8-14)26-22(28)11-27-18-7-2-1-6-16(18)24(23(27)29)12-30-19-10-21-20(9-17(19)24)31-13-32-21/h1-10H,11-13H2,(H,26,28). The van der Waals surface area contributed by atoms with Gasteiger partial charge < -0.3 is 24.4 Å². The number of hydrogen-bond acceptors (Lipinski definition) is 5. The molecule has 0 fully saturated rings. The zero-order chi connectivity index (χ0) is 21.9. The SMILES string of the molecule is O=C(CN1C(=O)C2(COc3cc4c(cc32)OCO4)c2ccccc21)Nc1cccc(F)c1. The lowest BCUT2D eigenvalue weighted by molar-refractivity contribution is -0.124. The molecular formula is C24H17FN2O5. The molecule has 3 aromatic carbocycles. The number of para-hydroxylation sites is 1. The van der Waals surface area contributed by atoms with Crippen molar-refractivity contribution in [3.05, 3.63) is 77.6 Å². The first kappa shape index (κ1) is 18.7. The van der Waals surface area contributed by atoms with Gasteiger partial charge >= 0.3 is 0 Å². The number of rotatable bonds is 3. The van der Waals surface area contributed by atoms with Gasteiger partial charge in [0.05, 0.1) is 0 Å². The summed E-state index contributed by atoms with van der Waals surface area (Å²) in [5, 5.41) is 2.65. The minimum Gasteiger partial charge on any atom is -0.491 e. The predicted molar refractivity (Wildman–Crippen MR) is 113 cm³/mol. The summed E-state index contributed by atoms with van der Waals surface area (Å²) in [7, 11) is 0. The van der Waals surface area contributed by atoms with Crippen LogP contribution in [-0.2, 0) is 15.0 Å². The van der Waals surface area contributed by atoms with Crippen molar-refractivity contribution < 1.29 is 28.2 Å². The van der Waals surface area contributed by atoms with Crippen LogP contribution in [0.2, 0.25) is 0 Å². The molecule has 3 aliphatic rings. The monoisotopic (exact) mass is 432 g/mol. The van der Waals surface area contributed by atoms with E-state index in [1.54, 1.807) is 18.2 Å². The average Bonchev–Trinajstić information content (AvgIpc) is 3.45. The van der Waals surface area contributed by atoms with Gasteiger partial charge in [-0.1, -0.05) is 24.3 Å². The largest absolute Gasteiger partial charge is 0.491 e. The number of fused-ring (bicyclic) bond motifs is 5. The third-order valence-electron chi connectivity index (χ3n) is 6.05. The quantitative estimate of drug-likeness (QED) is 0.688. The Morgan fingerprint density at radius 3 is 2.62 bits per heavy atom. The van der Waals surface area contributed by atoms with Crippen molar-refractivity contribution in [1.29, 1.82) is 0 Å². The van der Waals surface area contributed by atoms with Crippen molar-refractivity contribution in [2.24, 2.45) is 0 Å². The maximum Gasteiger partial charge on any atom is 0.246 e. The number of carbonyl (C=O) groups excluding carboxylic acids is 2. The molecule has 6 rings (SSSR count). The number of hydrogen-bond donors (Lipinski definition) is 1. The summed E-state index contributed by atoms with van der Waals surface area (Å²) < 4.78 is 30.3. The molecule has 0 saturated heterocycles. The smallest absolute Gasteiger partial charge is 0.246 e. The van der Waals surface area contributed by atoms with Gasteiger partial charge in [-0.25, -0.2) is 4.39 Å². The van der Waals surface area contributed by atoms with E-state index in [0.717, 1.165) is 5.56 Å². The lowest BCUT2D eigenvalue weighted by Gasteiger charge is -2.23. The summed E-state index contributed by atoms with van der Waals surface area (Å²) in [6, 6.07) is 16.5. The first-order chi connectivity index (χ1) is 15.6. The molecule has 1 spiro atoms. The summed E-state index contributed by atoms with van der Waals surface area (Å²) in [5.41, 5.74) is 1.34. The Balaban J connectivity index is 1.37. The van der Waals surface area contributed by atoms with Crippen LogP contribution in [0.1, 0.15) is 11.1 Å². The molecule has 1 N–H and O–H groups in total. The third kappa shape index (κ3) is 2.59. The van der Waals surface area contributed by atoms with Crippen LogP contribution in [0.25, 0.3) is 0 Å². The molecule has 0 aromatic heterocycles. The molecule has 3 heterocycles. The summed E-state index contributed by atoms with van der Waals surface area (Å²) in [6.07, 6.45) is 0. The van der Waals surface area contributed by atoms with Crippen LogP contribution < -0.4 is 24.4 Å². The number of carbonyl (C=O) groups is 2. The van der Waals surface area contributed by atoms with Crippen LogP contribution >= 0.6 is 0 Å². The second-order valence-corrected chi connectivity index (χ2v) is 7.86. The Labute approximate surface area is 182 Å². The van der Waals surface area contributed by atoms with E-state index in [0.29, 0.717) is 34.2 Å². The van der Waals surface area contributed by atoms with Gasteiger partial charge in [-0.05, 0) is 35.9 Å². The molecule has 0 aliphatic carbocycles. The van der Waals surface area contributed by atoms with Gasteiger partial charge in [0.1, 0.15) is 30.1 Å². The molecular weight excluding hydrogens is 415 g/mol. The van der Waals surface area contributed by atoms with Crippen LogP contribution in [0.5, 0.6) is 17.2 Å². The fraction of sp³-hybridized carbons (Fsp3) is 0.167. The van der Waals surface area contributed by atoms with Gasteiger partial charge in [-0.15, -0.1) is 0 Å². The minimum atomic E-state index is -1.08. The second-order valence-electron chi connectivity index (χ2n) is 7.86. The van der Waals surface area contributed by atoms with Crippen molar-refractivity contribution in [2.75, 3.05) is 30.2 Å². The molecule has 1 atom stereocenters. The molecule has 3 aliphatic heterocycles. The summed E-state index contributed by atoms with van der Waals surface area (Å²) in [5.74, 6) is 0.546. The van der Waals surface area contributed by atoms with Crippen molar-refractivity contribution in [2.45, 2.75) is 5.41 Å². The van der Waals surface area contributed by atoms with Gasteiger partial charge in [-0.3, -0.25) is 9.59 Å². The van der Waals surface area contributed by atoms with Crippen LogP contribution in [0.3, 0.4) is 0 Å². The van der Waals surface area contributed by atoms with E-state index in [2.05, 4.69) is 5.32 Å². The van der Waals surface area contributed by atoms with E-state index in [9.17, 15) is 14.0 Å². The highest BCUT2D eigenvalue weighted by atomic mass is 19.1. The van der Waals surface area contributed by atoms with Crippen LogP contribution in [0, 0.1) is 5.82 Å². The molecule has 3 aromatic rings. The predicted octanol–water partition coefficient (Wildman–Crippen LogP) is 3.22. The maximum atomic E-state index is 13.8. The first-order valence-electron chi connectivity index (χ1n) is 10.1. The van der Waals surface area contributed by atoms with Gasteiger partial charge in [0.2, 0.25) is 18.6 Å². The topological polar surface area (TPSA) is 77.1 Å². The first-order valence-corrected chi connectivity index (χ1v) is 10.1. The Kier molecular flexibility index (Phi) is 3.92. The molecule has 160 valence electrons. The second kappa shape index (κ2) is 6.71. The highest BCUT2D eigenvalue weighted by molar-refractivity contribution is 6.14. The molecule has 7 nitrogen and oxygen atoms in total.